The summed E-state index contributed by atoms with van der Waals surface area (Å²) >= 11 is 0. The average molecular weight is 564 g/mol. The molecule has 0 unspecified atom stereocenters. The van der Waals surface area contributed by atoms with E-state index in [1.807, 2.05) is 0 Å². The highest BCUT2D eigenvalue weighted by atomic mass is 19.2. The van der Waals surface area contributed by atoms with Gasteiger partial charge in [-0.1, -0.05) is 6.07 Å². The number of aromatic nitrogens is 5. The Kier molecular flexibility index (Phi) is 5.85. The first-order chi connectivity index (χ1) is 19.9. The average Bonchev–Trinajstić information content (AvgIpc) is 3.50. The summed E-state index contributed by atoms with van der Waals surface area (Å²) in [5.41, 5.74) is -0.802. The molecule has 2 saturated heterocycles. The number of hydrogen-bond donors (Lipinski definition) is 1. The molecule has 2 bridgehead atoms. The van der Waals surface area contributed by atoms with Crippen LogP contribution in [0.15, 0.2) is 58.4 Å². The number of nitrogens with one attached hydrogen (secondary N) is 1. The third-order valence-electron chi connectivity index (χ3n) is 7.93. The maximum Gasteiger partial charge on any atom is 0.337 e. The number of benzene rings is 1. The summed E-state index contributed by atoms with van der Waals surface area (Å²) in [5.74, 6) is -3.68. The molecule has 41 heavy (non-hydrogen) atoms. The molecule has 2 aliphatic rings. The number of imidazole rings is 1. The quantitative estimate of drug-likeness (QED) is 0.329. The molecule has 1 aromatic carbocycles. The minimum atomic E-state index is -1.61. The first-order valence-corrected chi connectivity index (χ1v) is 13.1. The van der Waals surface area contributed by atoms with Crippen LogP contribution < -0.4 is 26.2 Å². The lowest BCUT2D eigenvalue weighted by Crippen LogP contribution is -2.52. The third-order valence-corrected chi connectivity index (χ3v) is 7.93. The number of rotatable bonds is 5. The molecule has 1 N–H and O–H groups in total. The fourth-order valence-corrected chi connectivity index (χ4v) is 6.09. The van der Waals surface area contributed by atoms with Gasteiger partial charge in [-0.05, 0) is 42.7 Å². The first-order valence-electron chi connectivity index (χ1n) is 13.1. The van der Waals surface area contributed by atoms with Crippen molar-refractivity contribution in [1.29, 1.82) is 0 Å². The van der Waals surface area contributed by atoms with Crippen molar-refractivity contribution >= 4 is 22.4 Å². The third kappa shape index (κ3) is 3.90. The van der Waals surface area contributed by atoms with Gasteiger partial charge in [-0.2, -0.15) is 4.98 Å². The van der Waals surface area contributed by atoms with E-state index in [9.17, 15) is 22.8 Å². The van der Waals surface area contributed by atoms with Crippen LogP contribution in [-0.4, -0.2) is 55.8 Å². The van der Waals surface area contributed by atoms with Gasteiger partial charge in [-0.15, -0.1) is 0 Å². The van der Waals surface area contributed by atoms with Gasteiger partial charge in [0, 0.05) is 37.4 Å². The summed E-state index contributed by atoms with van der Waals surface area (Å²) in [6.07, 6.45) is 4.95. The van der Waals surface area contributed by atoms with Gasteiger partial charge < -0.3 is 15.0 Å². The number of piperazine rings is 1. The summed E-state index contributed by atoms with van der Waals surface area (Å²) in [6.45, 7) is 1.16. The number of pyridine rings is 2. The topological polar surface area (TPSA) is 98.7 Å². The minimum absolute atomic E-state index is 0.00673. The van der Waals surface area contributed by atoms with Crippen LogP contribution in [0, 0.1) is 17.5 Å². The highest BCUT2D eigenvalue weighted by Crippen LogP contribution is 2.34. The first kappa shape index (κ1) is 25.3. The second-order valence-electron chi connectivity index (χ2n) is 10.3. The Morgan fingerprint density at radius 2 is 1.78 bits per heavy atom. The molecule has 4 aromatic heterocycles. The molecule has 210 valence electrons. The minimum Gasteiger partial charge on any atom is -0.480 e. The van der Waals surface area contributed by atoms with E-state index in [0.29, 0.717) is 11.5 Å². The molecule has 2 aliphatic heterocycles. The van der Waals surface area contributed by atoms with Crippen molar-refractivity contribution in [2.45, 2.75) is 31.5 Å². The van der Waals surface area contributed by atoms with Crippen molar-refractivity contribution in [3.8, 4) is 11.7 Å². The number of methoxy groups -OCH3 is 1. The Bertz CT molecular complexity index is 1930. The van der Waals surface area contributed by atoms with E-state index in [1.54, 1.807) is 34.9 Å². The van der Waals surface area contributed by atoms with E-state index in [4.69, 9.17) is 9.72 Å². The SMILES string of the molecule is COc1nc(N2[C@@H]3CC[C@H]2CNC3)cc2c1c(=O)n(-c1cnc3ccccn13)c(=O)n2Cc1cc(F)c(F)c(F)c1. The van der Waals surface area contributed by atoms with Crippen molar-refractivity contribution < 1.29 is 17.9 Å². The Balaban J connectivity index is 1.53. The molecular formula is C28H24F3N7O3. The molecule has 13 heteroatoms. The van der Waals surface area contributed by atoms with Gasteiger partial charge in [0.2, 0.25) is 5.88 Å². The van der Waals surface area contributed by atoms with Crippen LogP contribution in [0.5, 0.6) is 5.88 Å². The lowest BCUT2D eigenvalue weighted by molar-refractivity contribution is 0.400. The van der Waals surface area contributed by atoms with Gasteiger partial charge in [-0.3, -0.25) is 13.8 Å². The van der Waals surface area contributed by atoms with Crippen LogP contribution in [0.2, 0.25) is 0 Å². The molecule has 2 atom stereocenters. The largest absolute Gasteiger partial charge is 0.480 e. The van der Waals surface area contributed by atoms with E-state index in [2.05, 4.69) is 15.2 Å². The van der Waals surface area contributed by atoms with Crippen LogP contribution >= 0.6 is 0 Å². The van der Waals surface area contributed by atoms with Crippen molar-refractivity contribution in [3.05, 3.63) is 92.6 Å². The van der Waals surface area contributed by atoms with E-state index < -0.39 is 28.7 Å². The summed E-state index contributed by atoms with van der Waals surface area (Å²) in [6, 6.07) is 8.85. The predicted molar refractivity (Wildman–Crippen MR) is 144 cm³/mol. The highest BCUT2D eigenvalue weighted by Gasteiger charge is 2.38. The van der Waals surface area contributed by atoms with E-state index >= 15 is 0 Å². The maximum atomic E-state index is 14.2. The fraction of sp³-hybridized carbons (Fsp3) is 0.286. The monoisotopic (exact) mass is 563 g/mol. The van der Waals surface area contributed by atoms with E-state index in [1.165, 1.54) is 17.9 Å². The number of ether oxygens (including phenoxy) is 1. The van der Waals surface area contributed by atoms with Gasteiger partial charge in [0.15, 0.2) is 17.5 Å². The standard InChI is InChI=1S/C28H24F3N7O3/c1-41-26-24-20(10-22(34-26)37-16-5-6-17(37)12-32-11-16)36(14-15-8-18(29)25(31)19(30)9-15)28(40)38(27(24)39)23-13-33-21-4-2-3-7-35(21)23/h2-4,7-10,13,16-17,32H,5-6,11-12,14H2,1H3/t16-,17+. The molecular weight excluding hydrogens is 539 g/mol. The number of hydrogen-bond acceptors (Lipinski definition) is 7. The van der Waals surface area contributed by atoms with Crippen LogP contribution in [0.3, 0.4) is 0 Å². The highest BCUT2D eigenvalue weighted by molar-refractivity contribution is 5.86. The second-order valence-corrected chi connectivity index (χ2v) is 10.3. The van der Waals surface area contributed by atoms with Gasteiger partial charge in [0.1, 0.15) is 22.7 Å². The van der Waals surface area contributed by atoms with Crippen molar-refractivity contribution in [2.24, 2.45) is 0 Å². The van der Waals surface area contributed by atoms with Gasteiger partial charge in [0.05, 0.1) is 25.4 Å². The Morgan fingerprint density at radius 1 is 1.05 bits per heavy atom. The number of nitrogens with zero attached hydrogens (tertiary/aromatic N) is 6. The number of anilines is 1. The molecule has 0 saturated carbocycles. The zero-order valence-electron chi connectivity index (χ0n) is 21.9. The smallest absolute Gasteiger partial charge is 0.337 e. The Morgan fingerprint density at radius 3 is 2.49 bits per heavy atom. The predicted octanol–water partition coefficient (Wildman–Crippen LogP) is 2.61. The molecule has 0 spiro atoms. The maximum absolute atomic E-state index is 14.2. The number of halogens is 3. The summed E-state index contributed by atoms with van der Waals surface area (Å²) in [7, 11) is 1.39. The normalized spacial score (nSPS) is 18.5. The lowest BCUT2D eigenvalue weighted by Gasteiger charge is -2.36. The molecule has 7 rings (SSSR count). The van der Waals surface area contributed by atoms with Crippen LogP contribution in [0.25, 0.3) is 22.4 Å². The molecule has 0 aliphatic carbocycles. The van der Waals surface area contributed by atoms with Crippen molar-refractivity contribution in [1.82, 2.24) is 28.8 Å². The van der Waals surface area contributed by atoms with Crippen molar-refractivity contribution in [2.75, 3.05) is 25.1 Å². The molecule has 5 aromatic rings. The van der Waals surface area contributed by atoms with Crippen LogP contribution in [-0.2, 0) is 6.54 Å². The molecule has 0 radical (unpaired) electrons. The fourth-order valence-electron chi connectivity index (χ4n) is 6.09. The van der Waals surface area contributed by atoms with Crippen LogP contribution in [0.4, 0.5) is 19.0 Å². The zero-order valence-corrected chi connectivity index (χ0v) is 21.9. The second kappa shape index (κ2) is 9.47. The Labute approximate surface area is 230 Å². The summed E-state index contributed by atoms with van der Waals surface area (Å²) in [5, 5.41) is 3.41. The molecule has 10 nitrogen and oxygen atoms in total. The van der Waals surface area contributed by atoms with Crippen LogP contribution in [0.1, 0.15) is 18.4 Å². The number of fused-ring (bicyclic) bond motifs is 4. The van der Waals surface area contributed by atoms with Gasteiger partial charge in [0.25, 0.3) is 5.56 Å². The van der Waals surface area contributed by atoms with E-state index in [-0.39, 0.29) is 46.8 Å². The summed E-state index contributed by atoms with van der Waals surface area (Å²) < 4.78 is 51.5. The summed E-state index contributed by atoms with van der Waals surface area (Å²) in [4.78, 5) is 39.4. The zero-order chi connectivity index (χ0) is 28.4. The molecule has 6 heterocycles. The van der Waals surface area contributed by atoms with Crippen molar-refractivity contribution in [3.63, 3.8) is 0 Å². The van der Waals surface area contributed by atoms with Gasteiger partial charge >= 0.3 is 5.69 Å². The van der Waals surface area contributed by atoms with Gasteiger partial charge in [-0.25, -0.2) is 27.5 Å². The van der Waals surface area contributed by atoms with E-state index in [0.717, 1.165) is 42.6 Å². The molecule has 0 amide bonds. The molecule has 2 fully saturated rings. The Hall–Kier alpha value is -4.65. The lowest BCUT2D eigenvalue weighted by atomic mass is 10.1.